The average molecular weight is 421 g/mol. The lowest BCUT2D eigenvalue weighted by Gasteiger charge is -2.23. The third-order valence-corrected chi connectivity index (χ3v) is 5.76. The van der Waals surface area contributed by atoms with Crippen LogP contribution in [0.3, 0.4) is 0 Å². The van der Waals surface area contributed by atoms with Gasteiger partial charge in [-0.25, -0.2) is 0 Å². The summed E-state index contributed by atoms with van der Waals surface area (Å²) in [5.74, 6) is 1.36. The number of aromatic nitrogens is 1. The van der Waals surface area contributed by atoms with Crippen molar-refractivity contribution in [2.75, 3.05) is 40.4 Å². The van der Waals surface area contributed by atoms with E-state index in [2.05, 4.69) is 0 Å². The number of ether oxygens (including phenoxy) is 2. The number of methoxy groups -OCH3 is 2. The Balaban J connectivity index is 1.42. The van der Waals surface area contributed by atoms with Crippen LogP contribution >= 0.6 is 0 Å². The second-order valence-corrected chi connectivity index (χ2v) is 7.60. The number of hydrogen-bond acceptors (Lipinski definition) is 4. The minimum absolute atomic E-state index is 0.0555. The number of fused-ring (bicyclic) bond motifs is 1. The van der Waals surface area contributed by atoms with Crippen LogP contribution < -0.4 is 9.47 Å². The summed E-state index contributed by atoms with van der Waals surface area (Å²) >= 11 is 0. The first-order chi connectivity index (χ1) is 15.1. The summed E-state index contributed by atoms with van der Waals surface area (Å²) in [6, 6.07) is 15.1. The predicted molar refractivity (Wildman–Crippen MR) is 119 cm³/mol. The summed E-state index contributed by atoms with van der Waals surface area (Å²) in [7, 11) is 3.21. The number of nitrogens with zero attached hydrogens (tertiary/aromatic N) is 3. The van der Waals surface area contributed by atoms with E-state index < -0.39 is 0 Å². The minimum atomic E-state index is -0.0582. The lowest BCUT2D eigenvalue weighted by atomic mass is 10.1. The SMILES string of the molecule is COc1ccc2c(ccn2CC(=O)N2CCCN(C(=O)c3ccccc3OC)CC2)c1. The van der Waals surface area contributed by atoms with Gasteiger partial charge in [-0.2, -0.15) is 0 Å². The lowest BCUT2D eigenvalue weighted by molar-refractivity contribution is -0.131. The van der Waals surface area contributed by atoms with Crippen molar-refractivity contribution in [1.82, 2.24) is 14.4 Å². The third kappa shape index (κ3) is 4.35. The molecule has 2 amide bonds. The summed E-state index contributed by atoms with van der Waals surface area (Å²) in [5.41, 5.74) is 1.55. The van der Waals surface area contributed by atoms with Crippen molar-refractivity contribution in [3.8, 4) is 11.5 Å². The van der Waals surface area contributed by atoms with E-state index in [1.54, 1.807) is 26.4 Å². The van der Waals surface area contributed by atoms with Gasteiger partial charge in [0.25, 0.3) is 5.91 Å². The van der Waals surface area contributed by atoms with Gasteiger partial charge in [0.05, 0.1) is 19.8 Å². The molecule has 1 aliphatic heterocycles. The minimum Gasteiger partial charge on any atom is -0.497 e. The van der Waals surface area contributed by atoms with Gasteiger partial charge in [0.1, 0.15) is 18.0 Å². The molecule has 0 spiro atoms. The number of para-hydroxylation sites is 1. The Morgan fingerprint density at radius 2 is 1.68 bits per heavy atom. The maximum Gasteiger partial charge on any atom is 0.257 e. The maximum absolute atomic E-state index is 13.0. The zero-order valence-electron chi connectivity index (χ0n) is 17.9. The molecule has 1 aliphatic rings. The number of rotatable bonds is 5. The standard InChI is InChI=1S/C24H27N3O4/c1-30-19-8-9-21-18(16-19)10-13-27(21)17-23(28)25-11-5-12-26(15-14-25)24(29)20-6-3-4-7-22(20)31-2/h3-4,6-10,13,16H,5,11-12,14-15,17H2,1-2H3. The summed E-state index contributed by atoms with van der Waals surface area (Å²) in [6.07, 6.45) is 2.67. The maximum atomic E-state index is 13.0. The average Bonchev–Trinajstić information content (AvgIpc) is 3.03. The first-order valence-corrected chi connectivity index (χ1v) is 10.4. The topological polar surface area (TPSA) is 64.0 Å². The van der Waals surface area contributed by atoms with E-state index in [0.717, 1.165) is 23.1 Å². The van der Waals surface area contributed by atoms with E-state index in [1.807, 2.05) is 57.0 Å². The number of benzene rings is 2. The molecule has 1 fully saturated rings. The molecule has 162 valence electrons. The van der Waals surface area contributed by atoms with Crippen molar-refractivity contribution in [2.24, 2.45) is 0 Å². The fourth-order valence-corrected chi connectivity index (χ4v) is 4.05. The van der Waals surface area contributed by atoms with Gasteiger partial charge in [-0.15, -0.1) is 0 Å². The highest BCUT2D eigenvalue weighted by atomic mass is 16.5. The largest absolute Gasteiger partial charge is 0.497 e. The van der Waals surface area contributed by atoms with Crippen LogP contribution in [-0.2, 0) is 11.3 Å². The van der Waals surface area contributed by atoms with Crippen molar-refractivity contribution >= 4 is 22.7 Å². The van der Waals surface area contributed by atoms with Crippen LogP contribution in [0.5, 0.6) is 11.5 Å². The molecule has 0 N–H and O–H groups in total. The Labute approximate surface area is 181 Å². The van der Waals surface area contributed by atoms with Crippen molar-refractivity contribution in [3.63, 3.8) is 0 Å². The summed E-state index contributed by atoms with van der Waals surface area (Å²) in [6.45, 7) is 2.56. The van der Waals surface area contributed by atoms with Gasteiger partial charge in [0.2, 0.25) is 5.91 Å². The van der Waals surface area contributed by atoms with Crippen LogP contribution in [0.2, 0.25) is 0 Å². The van der Waals surface area contributed by atoms with E-state index in [4.69, 9.17) is 9.47 Å². The Hall–Kier alpha value is -3.48. The number of carbonyl (C=O) groups is 2. The fraction of sp³-hybridized carbons (Fsp3) is 0.333. The predicted octanol–water partition coefficient (Wildman–Crippen LogP) is 3.03. The Kier molecular flexibility index (Phi) is 6.11. The van der Waals surface area contributed by atoms with Crippen LogP contribution in [0.1, 0.15) is 16.8 Å². The van der Waals surface area contributed by atoms with Crippen molar-refractivity contribution in [1.29, 1.82) is 0 Å². The Bertz CT molecular complexity index is 1090. The molecule has 0 saturated carbocycles. The molecule has 31 heavy (non-hydrogen) atoms. The summed E-state index contributed by atoms with van der Waals surface area (Å²) in [5, 5.41) is 1.04. The van der Waals surface area contributed by atoms with Crippen molar-refractivity contribution < 1.29 is 19.1 Å². The smallest absolute Gasteiger partial charge is 0.257 e. The van der Waals surface area contributed by atoms with E-state index in [1.165, 1.54) is 0 Å². The first kappa shape index (κ1) is 20.8. The molecular weight excluding hydrogens is 394 g/mol. The van der Waals surface area contributed by atoms with Gasteiger partial charge in [0, 0.05) is 43.3 Å². The highest BCUT2D eigenvalue weighted by Crippen LogP contribution is 2.23. The second kappa shape index (κ2) is 9.12. The van der Waals surface area contributed by atoms with Gasteiger partial charge in [0.15, 0.2) is 0 Å². The molecule has 7 heteroatoms. The van der Waals surface area contributed by atoms with Crippen molar-refractivity contribution in [2.45, 2.75) is 13.0 Å². The lowest BCUT2D eigenvalue weighted by Crippen LogP contribution is -2.38. The van der Waals surface area contributed by atoms with Gasteiger partial charge in [-0.1, -0.05) is 12.1 Å². The normalized spacial score (nSPS) is 14.4. The van der Waals surface area contributed by atoms with Gasteiger partial charge in [-0.05, 0) is 42.8 Å². The molecule has 0 radical (unpaired) electrons. The molecule has 0 aliphatic carbocycles. The van der Waals surface area contributed by atoms with Gasteiger partial charge < -0.3 is 23.8 Å². The number of amides is 2. The first-order valence-electron chi connectivity index (χ1n) is 10.4. The van der Waals surface area contributed by atoms with Crippen LogP contribution in [0, 0.1) is 0 Å². The molecular formula is C24H27N3O4. The van der Waals surface area contributed by atoms with Crippen molar-refractivity contribution in [3.05, 3.63) is 60.3 Å². The highest BCUT2D eigenvalue weighted by molar-refractivity contribution is 5.97. The number of hydrogen-bond donors (Lipinski definition) is 0. The molecule has 3 aromatic rings. The summed E-state index contributed by atoms with van der Waals surface area (Å²) in [4.78, 5) is 29.6. The molecule has 0 bridgehead atoms. The Morgan fingerprint density at radius 3 is 2.48 bits per heavy atom. The van der Waals surface area contributed by atoms with E-state index in [0.29, 0.717) is 37.5 Å². The van der Waals surface area contributed by atoms with Gasteiger partial charge >= 0.3 is 0 Å². The monoisotopic (exact) mass is 421 g/mol. The van der Waals surface area contributed by atoms with Crippen LogP contribution in [-0.4, -0.2) is 66.6 Å². The Morgan fingerprint density at radius 1 is 0.903 bits per heavy atom. The molecule has 0 unspecified atom stereocenters. The second-order valence-electron chi connectivity index (χ2n) is 7.60. The molecule has 1 saturated heterocycles. The molecule has 1 aromatic heterocycles. The zero-order chi connectivity index (χ0) is 21.8. The van der Waals surface area contributed by atoms with Crippen LogP contribution in [0.25, 0.3) is 10.9 Å². The quantitative estimate of drug-likeness (QED) is 0.635. The number of carbonyl (C=O) groups excluding carboxylic acids is 2. The molecule has 7 nitrogen and oxygen atoms in total. The zero-order valence-corrected chi connectivity index (χ0v) is 17.9. The third-order valence-electron chi connectivity index (χ3n) is 5.76. The summed E-state index contributed by atoms with van der Waals surface area (Å²) < 4.78 is 12.6. The van der Waals surface area contributed by atoms with E-state index >= 15 is 0 Å². The van der Waals surface area contributed by atoms with E-state index in [-0.39, 0.29) is 18.4 Å². The fourth-order valence-electron chi connectivity index (χ4n) is 4.05. The van der Waals surface area contributed by atoms with Gasteiger partial charge in [-0.3, -0.25) is 9.59 Å². The van der Waals surface area contributed by atoms with Crippen LogP contribution in [0.4, 0.5) is 0 Å². The molecule has 4 rings (SSSR count). The molecule has 2 aromatic carbocycles. The molecule has 0 atom stereocenters. The molecule has 2 heterocycles. The van der Waals surface area contributed by atoms with Crippen LogP contribution in [0.15, 0.2) is 54.7 Å². The van der Waals surface area contributed by atoms with E-state index in [9.17, 15) is 9.59 Å². The highest BCUT2D eigenvalue weighted by Gasteiger charge is 2.24.